The lowest BCUT2D eigenvalue weighted by molar-refractivity contribution is 1.18. The number of para-hydroxylation sites is 3. The Kier molecular flexibility index (Phi) is 6.78. The van der Waals surface area contributed by atoms with Crippen molar-refractivity contribution < 1.29 is 0 Å². The number of hydrogen-bond acceptors (Lipinski definition) is 3. The van der Waals surface area contributed by atoms with Crippen LogP contribution in [0, 0.1) is 0 Å². The zero-order valence-electron chi connectivity index (χ0n) is 27.6. The topological polar surface area (TPSA) is 43.6 Å². The molecule has 4 nitrogen and oxygen atoms in total. The third kappa shape index (κ3) is 4.96. The van der Waals surface area contributed by atoms with Gasteiger partial charge >= 0.3 is 0 Å². The molecule has 51 heavy (non-hydrogen) atoms. The highest BCUT2D eigenvalue weighted by Gasteiger charge is 2.18. The third-order valence-electron chi connectivity index (χ3n) is 9.79. The van der Waals surface area contributed by atoms with E-state index in [1.165, 1.54) is 27.2 Å². The van der Waals surface area contributed by atoms with Gasteiger partial charge in [-0.05, 0) is 47.9 Å². The summed E-state index contributed by atoms with van der Waals surface area (Å²) in [5, 5.41) is 5.88. The molecular weight excluding hydrogens is 621 g/mol. The van der Waals surface area contributed by atoms with E-state index in [4.69, 9.17) is 15.0 Å². The van der Waals surface area contributed by atoms with Gasteiger partial charge in [0.1, 0.15) is 0 Å². The molecule has 10 aromatic rings. The largest absolute Gasteiger partial charge is 0.309 e. The average Bonchev–Trinajstić information content (AvgIpc) is 3.54. The standard InChI is InChI=1S/C47H30N4/c1-4-14-31(15-5-1)42-30-43(50-47(49-42)34-16-6-2-7-17-34)32-24-26-33(27-25-32)46-40-28-39-37-21-11-13-23-44(37)51(35-18-8-3-9-19-35)45(39)29-38(40)36-20-10-12-22-41(36)48-46/h1-30H. The summed E-state index contributed by atoms with van der Waals surface area (Å²) in [5.41, 5.74) is 11.3. The summed E-state index contributed by atoms with van der Waals surface area (Å²) in [5.74, 6) is 0.705. The van der Waals surface area contributed by atoms with Gasteiger partial charge in [0.05, 0.1) is 33.6 Å². The molecule has 0 bridgehead atoms. The van der Waals surface area contributed by atoms with Gasteiger partial charge in [0.15, 0.2) is 5.82 Å². The number of hydrogen-bond donors (Lipinski definition) is 0. The molecule has 0 saturated carbocycles. The summed E-state index contributed by atoms with van der Waals surface area (Å²) >= 11 is 0. The van der Waals surface area contributed by atoms with Gasteiger partial charge in [-0.25, -0.2) is 15.0 Å². The molecule has 4 heteroatoms. The van der Waals surface area contributed by atoms with Crippen molar-refractivity contribution in [2.45, 2.75) is 0 Å². The Morgan fingerprint density at radius 2 is 0.902 bits per heavy atom. The maximum Gasteiger partial charge on any atom is 0.160 e. The highest BCUT2D eigenvalue weighted by atomic mass is 15.0. The molecule has 238 valence electrons. The van der Waals surface area contributed by atoms with Gasteiger partial charge in [-0.2, -0.15) is 0 Å². The van der Waals surface area contributed by atoms with Crippen LogP contribution in [0.1, 0.15) is 0 Å². The molecule has 0 aliphatic rings. The van der Waals surface area contributed by atoms with Crippen molar-refractivity contribution >= 4 is 43.5 Å². The Balaban J connectivity index is 1.16. The fraction of sp³-hybridized carbons (Fsp3) is 0. The van der Waals surface area contributed by atoms with E-state index in [1.807, 2.05) is 36.4 Å². The zero-order chi connectivity index (χ0) is 33.7. The van der Waals surface area contributed by atoms with Gasteiger partial charge in [-0.3, -0.25) is 0 Å². The van der Waals surface area contributed by atoms with E-state index in [0.717, 1.165) is 61.3 Å². The van der Waals surface area contributed by atoms with Crippen molar-refractivity contribution in [3.63, 3.8) is 0 Å². The van der Waals surface area contributed by atoms with Crippen LogP contribution in [-0.2, 0) is 0 Å². The molecule has 10 rings (SSSR count). The van der Waals surface area contributed by atoms with Crippen LogP contribution in [0.5, 0.6) is 0 Å². The Bertz CT molecular complexity index is 2820. The van der Waals surface area contributed by atoms with E-state index in [-0.39, 0.29) is 0 Å². The molecule has 0 aliphatic carbocycles. The fourth-order valence-electron chi connectivity index (χ4n) is 7.36. The van der Waals surface area contributed by atoms with Crippen LogP contribution in [0.15, 0.2) is 182 Å². The van der Waals surface area contributed by atoms with Gasteiger partial charge in [-0.15, -0.1) is 0 Å². The first-order valence-electron chi connectivity index (χ1n) is 17.2. The number of rotatable bonds is 5. The van der Waals surface area contributed by atoms with E-state index < -0.39 is 0 Å². The maximum absolute atomic E-state index is 5.30. The Hall–Kier alpha value is -6.91. The molecule has 0 unspecified atom stereocenters. The molecule has 7 aromatic carbocycles. The smallest absolute Gasteiger partial charge is 0.160 e. The van der Waals surface area contributed by atoms with Crippen molar-refractivity contribution in [2.24, 2.45) is 0 Å². The molecular formula is C47H30N4. The van der Waals surface area contributed by atoms with Crippen molar-refractivity contribution in [2.75, 3.05) is 0 Å². The van der Waals surface area contributed by atoms with Crippen LogP contribution in [0.3, 0.4) is 0 Å². The first-order chi connectivity index (χ1) is 25.3. The first-order valence-corrected chi connectivity index (χ1v) is 17.2. The van der Waals surface area contributed by atoms with Gasteiger partial charge in [0, 0.05) is 49.5 Å². The maximum atomic E-state index is 5.30. The van der Waals surface area contributed by atoms with Crippen LogP contribution in [0.2, 0.25) is 0 Å². The number of nitrogens with zero attached hydrogens (tertiary/aromatic N) is 4. The predicted molar refractivity (Wildman–Crippen MR) is 211 cm³/mol. The molecule has 0 amide bonds. The number of fused-ring (bicyclic) bond motifs is 6. The molecule has 0 radical (unpaired) electrons. The number of benzene rings is 7. The van der Waals surface area contributed by atoms with Crippen LogP contribution in [0.4, 0.5) is 0 Å². The highest BCUT2D eigenvalue weighted by Crippen LogP contribution is 2.40. The van der Waals surface area contributed by atoms with Crippen LogP contribution in [0.25, 0.3) is 94.3 Å². The molecule has 0 N–H and O–H groups in total. The summed E-state index contributed by atoms with van der Waals surface area (Å²) in [7, 11) is 0. The Labute approximate surface area is 295 Å². The minimum Gasteiger partial charge on any atom is -0.309 e. The second kappa shape index (κ2) is 11.9. The molecule has 3 aromatic heterocycles. The van der Waals surface area contributed by atoms with Crippen molar-refractivity contribution in [3.05, 3.63) is 182 Å². The van der Waals surface area contributed by atoms with Gasteiger partial charge in [0.25, 0.3) is 0 Å². The Morgan fingerprint density at radius 1 is 0.333 bits per heavy atom. The summed E-state index contributed by atoms with van der Waals surface area (Å²) in [6.07, 6.45) is 0. The fourth-order valence-corrected chi connectivity index (χ4v) is 7.36. The molecule has 0 aliphatic heterocycles. The summed E-state index contributed by atoms with van der Waals surface area (Å²) in [4.78, 5) is 15.3. The summed E-state index contributed by atoms with van der Waals surface area (Å²) < 4.78 is 2.38. The monoisotopic (exact) mass is 650 g/mol. The summed E-state index contributed by atoms with van der Waals surface area (Å²) in [6.45, 7) is 0. The molecule has 0 fully saturated rings. The first kappa shape index (κ1) is 29.0. The van der Waals surface area contributed by atoms with Crippen molar-refractivity contribution in [1.29, 1.82) is 0 Å². The molecule has 0 atom stereocenters. The lowest BCUT2D eigenvalue weighted by Crippen LogP contribution is -1.96. The van der Waals surface area contributed by atoms with E-state index in [2.05, 4.69) is 150 Å². The average molecular weight is 651 g/mol. The van der Waals surface area contributed by atoms with E-state index >= 15 is 0 Å². The van der Waals surface area contributed by atoms with Crippen LogP contribution in [-0.4, -0.2) is 19.5 Å². The summed E-state index contributed by atoms with van der Waals surface area (Å²) in [6, 6.07) is 63.7. The van der Waals surface area contributed by atoms with Gasteiger partial charge in [-0.1, -0.05) is 140 Å². The van der Waals surface area contributed by atoms with E-state index in [0.29, 0.717) is 5.82 Å². The predicted octanol–water partition coefficient (Wildman–Crippen LogP) is 11.9. The van der Waals surface area contributed by atoms with Crippen molar-refractivity contribution in [1.82, 2.24) is 19.5 Å². The van der Waals surface area contributed by atoms with Gasteiger partial charge < -0.3 is 4.57 Å². The quantitative estimate of drug-likeness (QED) is 0.174. The SMILES string of the molecule is c1ccc(-c2cc(-c3ccc(-c4nc5ccccc5c5cc6c(cc45)c4ccccc4n6-c4ccccc4)cc3)nc(-c3ccccc3)n2)cc1. The third-order valence-corrected chi connectivity index (χ3v) is 9.79. The molecule has 0 saturated heterocycles. The van der Waals surface area contributed by atoms with Crippen LogP contribution >= 0.6 is 0 Å². The van der Waals surface area contributed by atoms with Gasteiger partial charge in [0.2, 0.25) is 0 Å². The molecule has 3 heterocycles. The second-order valence-corrected chi connectivity index (χ2v) is 12.9. The minimum atomic E-state index is 0.705. The zero-order valence-corrected chi connectivity index (χ0v) is 27.6. The number of pyridine rings is 1. The lowest BCUT2D eigenvalue weighted by atomic mass is 9.97. The van der Waals surface area contributed by atoms with E-state index in [1.54, 1.807) is 0 Å². The highest BCUT2D eigenvalue weighted by molar-refractivity contribution is 6.20. The second-order valence-electron chi connectivity index (χ2n) is 12.9. The Morgan fingerprint density at radius 3 is 1.63 bits per heavy atom. The lowest BCUT2D eigenvalue weighted by Gasteiger charge is -2.13. The van der Waals surface area contributed by atoms with E-state index in [9.17, 15) is 0 Å². The normalized spacial score (nSPS) is 11.5. The number of aromatic nitrogens is 4. The van der Waals surface area contributed by atoms with Crippen LogP contribution < -0.4 is 0 Å². The minimum absolute atomic E-state index is 0.705. The van der Waals surface area contributed by atoms with Crippen molar-refractivity contribution in [3.8, 4) is 50.8 Å². The molecule has 0 spiro atoms.